The predicted molar refractivity (Wildman–Crippen MR) is 117 cm³/mol. The van der Waals surface area contributed by atoms with E-state index in [-0.39, 0.29) is 6.04 Å². The Morgan fingerprint density at radius 1 is 1.13 bits per heavy atom. The zero-order chi connectivity index (χ0) is 21.6. The molecule has 1 N–H and O–H groups in total. The summed E-state index contributed by atoms with van der Waals surface area (Å²) in [6.07, 6.45) is 5.01. The maximum absolute atomic E-state index is 11.9. The number of likely N-dealkylation sites (tertiary alicyclic amines) is 1. The molecule has 3 aromatic rings. The molecule has 0 amide bonds. The van der Waals surface area contributed by atoms with E-state index in [1.165, 1.54) is 0 Å². The van der Waals surface area contributed by atoms with Gasteiger partial charge in [0.2, 0.25) is 0 Å². The van der Waals surface area contributed by atoms with Crippen LogP contribution in [0.1, 0.15) is 35.6 Å². The van der Waals surface area contributed by atoms with Gasteiger partial charge in [-0.2, -0.15) is 0 Å². The zero-order valence-electron chi connectivity index (χ0n) is 17.5. The Morgan fingerprint density at radius 3 is 2.68 bits per heavy atom. The van der Waals surface area contributed by atoms with Crippen LogP contribution in [0.4, 0.5) is 0 Å². The van der Waals surface area contributed by atoms with Gasteiger partial charge in [0.25, 0.3) is 0 Å². The van der Waals surface area contributed by atoms with Gasteiger partial charge in [-0.05, 0) is 47.7 Å². The molecule has 31 heavy (non-hydrogen) atoms. The Hall–Kier alpha value is -3.38. The van der Waals surface area contributed by atoms with Gasteiger partial charge in [-0.25, -0.2) is 0 Å². The van der Waals surface area contributed by atoms with Crippen molar-refractivity contribution in [2.75, 3.05) is 13.7 Å². The third-order valence-electron chi connectivity index (χ3n) is 5.65. The number of benzene rings is 2. The van der Waals surface area contributed by atoms with Crippen LogP contribution in [-0.4, -0.2) is 40.7 Å². The van der Waals surface area contributed by atoms with Crippen molar-refractivity contribution in [1.82, 2.24) is 9.88 Å². The molecule has 2 aromatic carbocycles. The minimum Gasteiger partial charge on any atom is -0.493 e. The number of hydrogen-bond acceptors (Lipinski definition) is 5. The number of ether oxygens (including phenoxy) is 2. The largest absolute Gasteiger partial charge is 0.493 e. The number of carbonyl (C=O) groups is 1. The normalized spacial score (nSPS) is 17.3. The molecule has 2 heterocycles. The van der Waals surface area contributed by atoms with Gasteiger partial charge in [0.1, 0.15) is 12.6 Å². The van der Waals surface area contributed by atoms with Crippen molar-refractivity contribution in [3.05, 3.63) is 89.7 Å². The molecule has 1 aromatic heterocycles. The van der Waals surface area contributed by atoms with Crippen LogP contribution in [0.5, 0.6) is 11.5 Å². The third-order valence-corrected chi connectivity index (χ3v) is 5.65. The van der Waals surface area contributed by atoms with Gasteiger partial charge in [-0.1, -0.05) is 42.5 Å². The van der Waals surface area contributed by atoms with Crippen LogP contribution in [0.25, 0.3) is 0 Å². The summed E-state index contributed by atoms with van der Waals surface area (Å²) in [4.78, 5) is 18.2. The van der Waals surface area contributed by atoms with Gasteiger partial charge in [0.05, 0.1) is 13.2 Å². The Morgan fingerprint density at radius 2 is 1.97 bits per heavy atom. The average Bonchev–Trinajstić information content (AvgIpc) is 3.29. The molecule has 0 spiro atoms. The van der Waals surface area contributed by atoms with Crippen molar-refractivity contribution in [2.45, 2.75) is 31.5 Å². The van der Waals surface area contributed by atoms with Crippen LogP contribution in [-0.2, 0) is 11.4 Å². The summed E-state index contributed by atoms with van der Waals surface area (Å²) in [5.41, 5.74) is 2.98. The lowest BCUT2D eigenvalue weighted by Gasteiger charge is -2.32. The molecule has 160 valence electrons. The number of aliphatic carboxylic acids is 1. The number of aromatic nitrogens is 1. The van der Waals surface area contributed by atoms with E-state index in [4.69, 9.17) is 9.47 Å². The number of carboxylic acid groups (broad SMARTS) is 1. The van der Waals surface area contributed by atoms with Crippen molar-refractivity contribution in [2.24, 2.45) is 0 Å². The Labute approximate surface area is 182 Å². The monoisotopic (exact) mass is 418 g/mol. The minimum atomic E-state index is -0.791. The first kappa shape index (κ1) is 20.9. The molecule has 1 fully saturated rings. The third kappa shape index (κ3) is 4.70. The molecule has 4 rings (SSSR count). The fourth-order valence-electron chi connectivity index (χ4n) is 4.19. The lowest BCUT2D eigenvalue weighted by Crippen LogP contribution is -2.39. The maximum atomic E-state index is 11.9. The molecule has 2 unspecified atom stereocenters. The highest BCUT2D eigenvalue weighted by Crippen LogP contribution is 2.38. The summed E-state index contributed by atoms with van der Waals surface area (Å²) in [6.45, 7) is 1.15. The van der Waals surface area contributed by atoms with Gasteiger partial charge in [0, 0.05) is 18.9 Å². The lowest BCUT2D eigenvalue weighted by molar-refractivity contribution is -0.142. The van der Waals surface area contributed by atoms with Crippen LogP contribution in [0.15, 0.2) is 73.1 Å². The second-order valence-corrected chi connectivity index (χ2v) is 7.61. The second kappa shape index (κ2) is 9.62. The topological polar surface area (TPSA) is 71.9 Å². The Kier molecular flexibility index (Phi) is 6.48. The molecule has 0 aliphatic carbocycles. The molecule has 6 heteroatoms. The summed E-state index contributed by atoms with van der Waals surface area (Å²) >= 11 is 0. The molecular weight excluding hydrogens is 392 g/mol. The Bertz CT molecular complexity index is 1010. The van der Waals surface area contributed by atoms with Gasteiger partial charge in [0.15, 0.2) is 11.5 Å². The van der Waals surface area contributed by atoms with Gasteiger partial charge in [-0.3, -0.25) is 14.7 Å². The highest BCUT2D eigenvalue weighted by Gasteiger charge is 2.37. The van der Waals surface area contributed by atoms with E-state index < -0.39 is 12.0 Å². The average molecular weight is 418 g/mol. The lowest BCUT2D eigenvalue weighted by atomic mass is 9.97. The smallest absolute Gasteiger partial charge is 0.320 e. The second-order valence-electron chi connectivity index (χ2n) is 7.61. The van der Waals surface area contributed by atoms with Crippen LogP contribution < -0.4 is 9.47 Å². The SMILES string of the molecule is COc1cc(C(c2cccnc2)N2CCCC2C(=O)O)ccc1OCc1ccccc1. The first-order valence-electron chi connectivity index (χ1n) is 10.4. The number of methoxy groups -OCH3 is 1. The van der Waals surface area contributed by atoms with Crippen LogP contribution in [0.2, 0.25) is 0 Å². The number of rotatable bonds is 8. The molecule has 0 radical (unpaired) electrons. The molecule has 0 saturated carbocycles. The van der Waals surface area contributed by atoms with E-state index >= 15 is 0 Å². The van der Waals surface area contributed by atoms with E-state index in [1.54, 1.807) is 19.5 Å². The van der Waals surface area contributed by atoms with Crippen molar-refractivity contribution in [3.8, 4) is 11.5 Å². The summed E-state index contributed by atoms with van der Waals surface area (Å²) < 4.78 is 11.6. The number of pyridine rings is 1. The van der Waals surface area contributed by atoms with Crippen molar-refractivity contribution >= 4 is 5.97 Å². The van der Waals surface area contributed by atoms with Crippen LogP contribution >= 0.6 is 0 Å². The molecule has 1 saturated heterocycles. The molecule has 0 bridgehead atoms. The van der Waals surface area contributed by atoms with E-state index in [0.29, 0.717) is 31.1 Å². The molecule has 1 aliphatic heterocycles. The quantitative estimate of drug-likeness (QED) is 0.588. The van der Waals surface area contributed by atoms with Gasteiger partial charge in [-0.15, -0.1) is 0 Å². The zero-order valence-corrected chi connectivity index (χ0v) is 17.5. The Balaban J connectivity index is 1.66. The van der Waals surface area contributed by atoms with E-state index in [1.807, 2.05) is 65.6 Å². The van der Waals surface area contributed by atoms with Gasteiger partial charge < -0.3 is 14.6 Å². The van der Waals surface area contributed by atoms with E-state index in [2.05, 4.69) is 4.98 Å². The van der Waals surface area contributed by atoms with Crippen molar-refractivity contribution in [1.29, 1.82) is 0 Å². The highest BCUT2D eigenvalue weighted by atomic mass is 16.5. The summed E-state index contributed by atoms with van der Waals surface area (Å²) in [6, 6.07) is 18.9. The number of carboxylic acids is 1. The molecule has 6 nitrogen and oxygen atoms in total. The fraction of sp³-hybridized carbons (Fsp3) is 0.280. The van der Waals surface area contributed by atoms with Crippen molar-refractivity contribution < 1.29 is 19.4 Å². The predicted octanol–water partition coefficient (Wildman–Crippen LogP) is 4.31. The fourth-order valence-corrected chi connectivity index (χ4v) is 4.19. The first-order valence-corrected chi connectivity index (χ1v) is 10.4. The first-order chi connectivity index (χ1) is 15.2. The van der Waals surface area contributed by atoms with Crippen LogP contribution in [0, 0.1) is 0 Å². The summed E-state index contributed by atoms with van der Waals surface area (Å²) in [7, 11) is 1.61. The molecular formula is C25H26N2O4. The standard InChI is InChI=1S/C25H26N2O4/c1-30-23-15-19(11-12-22(23)31-17-18-7-3-2-4-8-18)24(20-9-5-13-26-16-20)27-14-6-10-21(27)25(28)29/h2-5,7-9,11-13,15-16,21,24H,6,10,14,17H2,1H3,(H,28,29). The highest BCUT2D eigenvalue weighted by molar-refractivity contribution is 5.74. The number of nitrogens with zero attached hydrogens (tertiary/aromatic N) is 2. The van der Waals surface area contributed by atoms with Crippen LogP contribution in [0.3, 0.4) is 0 Å². The van der Waals surface area contributed by atoms with E-state index in [0.717, 1.165) is 23.1 Å². The minimum absolute atomic E-state index is 0.227. The van der Waals surface area contributed by atoms with Gasteiger partial charge >= 0.3 is 5.97 Å². The van der Waals surface area contributed by atoms with E-state index in [9.17, 15) is 9.90 Å². The molecule has 2 atom stereocenters. The summed E-state index contributed by atoms with van der Waals surface area (Å²) in [5, 5.41) is 9.75. The molecule has 1 aliphatic rings. The van der Waals surface area contributed by atoms with Crippen molar-refractivity contribution in [3.63, 3.8) is 0 Å². The maximum Gasteiger partial charge on any atom is 0.320 e. The number of hydrogen-bond donors (Lipinski definition) is 1. The summed E-state index contributed by atoms with van der Waals surface area (Å²) in [5.74, 6) is 0.478.